The van der Waals surface area contributed by atoms with Gasteiger partial charge in [-0.1, -0.05) is 0 Å². The summed E-state index contributed by atoms with van der Waals surface area (Å²) < 4.78 is 53.1. The van der Waals surface area contributed by atoms with Crippen LogP contribution in [-0.2, 0) is 0 Å². The molecule has 1 aliphatic rings. The van der Waals surface area contributed by atoms with E-state index in [0.717, 1.165) is 0 Å². The lowest BCUT2D eigenvalue weighted by Gasteiger charge is -2.33. The lowest BCUT2D eigenvalue weighted by atomic mass is 10.0. The molecule has 0 aromatic heterocycles. The van der Waals surface area contributed by atoms with E-state index in [-0.39, 0.29) is 18.0 Å². The average Bonchev–Trinajstić information content (AvgIpc) is 2.34. The second-order valence-electron chi connectivity index (χ2n) is 4.24. The Labute approximate surface area is 115 Å². The van der Waals surface area contributed by atoms with Crippen molar-refractivity contribution < 1.29 is 17.6 Å². The minimum atomic E-state index is -1.03. The predicted molar refractivity (Wildman–Crippen MR) is 66.7 cm³/mol. The molecule has 0 bridgehead atoms. The largest absolute Gasteiger partial charge is 0.314 e. The molecule has 2 nitrogen and oxygen atoms in total. The van der Waals surface area contributed by atoms with Crippen molar-refractivity contribution >= 4 is 12.4 Å². The van der Waals surface area contributed by atoms with Gasteiger partial charge in [0.15, 0.2) is 0 Å². The zero-order valence-electron chi connectivity index (χ0n) is 10.1. The van der Waals surface area contributed by atoms with E-state index in [2.05, 4.69) is 5.32 Å². The van der Waals surface area contributed by atoms with Gasteiger partial charge in [-0.05, 0) is 0 Å². The van der Waals surface area contributed by atoms with Crippen molar-refractivity contribution in [3.63, 3.8) is 0 Å². The van der Waals surface area contributed by atoms with E-state index in [1.54, 1.807) is 4.90 Å². The van der Waals surface area contributed by atoms with Gasteiger partial charge in [0.2, 0.25) is 0 Å². The maximum atomic E-state index is 13.6. The summed E-state index contributed by atoms with van der Waals surface area (Å²) in [5.74, 6) is -3.06. The molecule has 1 aromatic carbocycles. The molecule has 1 N–H and O–H groups in total. The van der Waals surface area contributed by atoms with Crippen LogP contribution in [0.3, 0.4) is 0 Å². The van der Waals surface area contributed by atoms with Crippen LogP contribution in [0.4, 0.5) is 17.6 Å². The SMILES string of the molecule is Cl.FC[C@@H](c1c(F)cc(F)cc1F)N1CCNCC1. The van der Waals surface area contributed by atoms with Gasteiger partial charge in [-0.3, -0.25) is 4.90 Å². The molecule has 108 valence electrons. The Morgan fingerprint density at radius 3 is 2.11 bits per heavy atom. The molecule has 0 spiro atoms. The highest BCUT2D eigenvalue weighted by Crippen LogP contribution is 2.27. The van der Waals surface area contributed by atoms with Gasteiger partial charge in [0.1, 0.15) is 24.1 Å². The van der Waals surface area contributed by atoms with Crippen LogP contribution in [-0.4, -0.2) is 37.8 Å². The maximum absolute atomic E-state index is 13.6. The molecular weight excluding hydrogens is 284 g/mol. The van der Waals surface area contributed by atoms with Crippen LogP contribution in [0, 0.1) is 17.5 Å². The van der Waals surface area contributed by atoms with Gasteiger partial charge in [-0.2, -0.15) is 0 Å². The molecule has 0 amide bonds. The van der Waals surface area contributed by atoms with Gasteiger partial charge >= 0.3 is 0 Å². The van der Waals surface area contributed by atoms with E-state index in [1.807, 2.05) is 0 Å². The standard InChI is InChI=1S/C12H14F4N2.ClH/c13-7-11(18-3-1-17-2-4-18)12-9(15)5-8(14)6-10(12)16;/h5-6,11,17H,1-4,7H2;1H/t11-;/m0./s1. The van der Waals surface area contributed by atoms with E-state index in [0.29, 0.717) is 38.3 Å². The second kappa shape index (κ2) is 7.07. The van der Waals surface area contributed by atoms with Crippen LogP contribution in [0.5, 0.6) is 0 Å². The quantitative estimate of drug-likeness (QED) is 0.862. The number of benzene rings is 1. The zero-order chi connectivity index (χ0) is 13.1. The van der Waals surface area contributed by atoms with Gasteiger partial charge < -0.3 is 5.32 Å². The first kappa shape index (κ1) is 16.2. The summed E-state index contributed by atoms with van der Waals surface area (Å²) in [6.45, 7) is 1.39. The van der Waals surface area contributed by atoms with Gasteiger partial charge in [0.05, 0.1) is 6.04 Å². The summed E-state index contributed by atoms with van der Waals surface area (Å²) in [4.78, 5) is 1.66. The zero-order valence-corrected chi connectivity index (χ0v) is 11.0. The fourth-order valence-corrected chi connectivity index (χ4v) is 2.22. The Bertz CT molecular complexity index is 401. The van der Waals surface area contributed by atoms with Crippen molar-refractivity contribution in [2.75, 3.05) is 32.9 Å². The molecule has 1 heterocycles. The lowest BCUT2D eigenvalue weighted by molar-refractivity contribution is 0.141. The van der Waals surface area contributed by atoms with E-state index in [9.17, 15) is 17.6 Å². The Morgan fingerprint density at radius 2 is 1.63 bits per heavy atom. The molecule has 1 fully saturated rings. The molecule has 0 saturated carbocycles. The van der Waals surface area contributed by atoms with Crippen LogP contribution < -0.4 is 5.32 Å². The Balaban J connectivity index is 0.00000180. The first-order valence-electron chi connectivity index (χ1n) is 5.78. The van der Waals surface area contributed by atoms with Gasteiger partial charge in [-0.15, -0.1) is 12.4 Å². The number of piperazine rings is 1. The summed E-state index contributed by atoms with van der Waals surface area (Å²) in [5, 5.41) is 3.07. The lowest BCUT2D eigenvalue weighted by Crippen LogP contribution is -2.46. The molecule has 1 atom stereocenters. The Morgan fingerprint density at radius 1 is 1.11 bits per heavy atom. The fraction of sp³-hybridized carbons (Fsp3) is 0.500. The highest BCUT2D eigenvalue weighted by Gasteiger charge is 2.28. The predicted octanol–water partition coefficient (Wildman–Crippen LogP) is 2.44. The highest BCUT2D eigenvalue weighted by molar-refractivity contribution is 5.85. The smallest absolute Gasteiger partial charge is 0.133 e. The molecular formula is C12H15ClF4N2. The van der Waals surface area contributed by atoms with Crippen molar-refractivity contribution in [2.45, 2.75) is 6.04 Å². The number of halogens is 5. The molecule has 7 heteroatoms. The monoisotopic (exact) mass is 298 g/mol. The maximum Gasteiger partial charge on any atom is 0.133 e. The second-order valence-corrected chi connectivity index (χ2v) is 4.24. The highest BCUT2D eigenvalue weighted by atomic mass is 35.5. The van der Waals surface area contributed by atoms with Crippen LogP contribution in [0.2, 0.25) is 0 Å². The minimum absolute atomic E-state index is 0. The number of nitrogens with zero attached hydrogens (tertiary/aromatic N) is 1. The summed E-state index contributed by atoms with van der Waals surface area (Å²) in [6.07, 6.45) is 0. The van der Waals surface area contributed by atoms with E-state index in [4.69, 9.17) is 0 Å². The number of alkyl halides is 1. The molecule has 0 aliphatic carbocycles. The third kappa shape index (κ3) is 3.58. The summed E-state index contributed by atoms with van der Waals surface area (Å²) in [6, 6.07) is 0.180. The molecule has 0 radical (unpaired) electrons. The number of nitrogens with one attached hydrogen (secondary N) is 1. The molecule has 1 aliphatic heterocycles. The summed E-state index contributed by atoms with van der Waals surface area (Å²) in [7, 11) is 0. The molecule has 19 heavy (non-hydrogen) atoms. The molecule has 1 aromatic rings. The third-order valence-electron chi connectivity index (χ3n) is 3.12. The van der Waals surface area contributed by atoms with Crippen molar-refractivity contribution in [3.8, 4) is 0 Å². The fourth-order valence-electron chi connectivity index (χ4n) is 2.22. The molecule has 0 unspecified atom stereocenters. The van der Waals surface area contributed by atoms with Crippen LogP contribution in [0.25, 0.3) is 0 Å². The summed E-state index contributed by atoms with van der Waals surface area (Å²) in [5.41, 5.74) is -0.388. The van der Waals surface area contributed by atoms with Crippen LogP contribution in [0.15, 0.2) is 12.1 Å². The molecule has 2 rings (SSSR count). The van der Waals surface area contributed by atoms with E-state index >= 15 is 0 Å². The van der Waals surface area contributed by atoms with Gasteiger partial charge in [0, 0.05) is 43.9 Å². The topological polar surface area (TPSA) is 15.3 Å². The average molecular weight is 299 g/mol. The van der Waals surface area contributed by atoms with Crippen molar-refractivity contribution in [1.82, 2.24) is 10.2 Å². The third-order valence-corrected chi connectivity index (χ3v) is 3.12. The minimum Gasteiger partial charge on any atom is -0.314 e. The first-order valence-corrected chi connectivity index (χ1v) is 5.78. The summed E-state index contributed by atoms with van der Waals surface area (Å²) >= 11 is 0. The Hall–Kier alpha value is -0.850. The van der Waals surface area contributed by atoms with Crippen molar-refractivity contribution in [1.29, 1.82) is 0 Å². The Kier molecular flexibility index (Phi) is 6.03. The van der Waals surface area contributed by atoms with Gasteiger partial charge in [-0.25, -0.2) is 17.6 Å². The number of hydrogen-bond acceptors (Lipinski definition) is 2. The number of hydrogen-bond donors (Lipinski definition) is 1. The van der Waals surface area contributed by atoms with Crippen molar-refractivity contribution in [3.05, 3.63) is 35.1 Å². The molecule has 1 saturated heterocycles. The van der Waals surface area contributed by atoms with E-state index < -0.39 is 30.2 Å². The normalized spacial score (nSPS) is 17.9. The first-order chi connectivity index (χ1) is 8.63. The van der Waals surface area contributed by atoms with Crippen molar-refractivity contribution in [2.24, 2.45) is 0 Å². The van der Waals surface area contributed by atoms with Crippen LogP contribution >= 0.6 is 12.4 Å². The van der Waals surface area contributed by atoms with Crippen LogP contribution in [0.1, 0.15) is 11.6 Å². The van der Waals surface area contributed by atoms with E-state index in [1.165, 1.54) is 0 Å². The van der Waals surface area contributed by atoms with Gasteiger partial charge in [0.25, 0.3) is 0 Å². The number of rotatable bonds is 3.